The molecule has 5 heteroatoms. The Morgan fingerprint density at radius 3 is 2.52 bits per heavy atom. The van der Waals surface area contributed by atoms with Gasteiger partial charge in [-0.2, -0.15) is 0 Å². The number of benzene rings is 2. The Morgan fingerprint density at radius 1 is 1.04 bits per heavy atom. The molecule has 1 amide bonds. The van der Waals surface area contributed by atoms with Crippen LogP contribution in [0.2, 0.25) is 0 Å². The highest BCUT2D eigenvalue weighted by atomic mass is 16.5. The van der Waals surface area contributed by atoms with Gasteiger partial charge in [-0.3, -0.25) is 4.79 Å². The molecule has 0 radical (unpaired) electrons. The molecule has 126 valence electrons. The standard InChI is InChI=1S/C20H19N3O2/c1-13-14(2)22-18-12-16(8-9-17(18)21-13)19(24)23-10-11-25-20(23)15-6-4-3-5-7-15/h3-9,12,20H,10-11H2,1-2H3. The molecular weight excluding hydrogens is 314 g/mol. The summed E-state index contributed by atoms with van der Waals surface area (Å²) in [4.78, 5) is 23.9. The van der Waals surface area contributed by atoms with Crippen LogP contribution in [-0.4, -0.2) is 33.9 Å². The van der Waals surface area contributed by atoms with E-state index in [1.54, 1.807) is 4.90 Å². The molecule has 1 aliphatic heterocycles. The molecule has 1 atom stereocenters. The third-order valence-electron chi connectivity index (χ3n) is 4.56. The monoisotopic (exact) mass is 333 g/mol. The number of aromatic nitrogens is 2. The number of amides is 1. The average Bonchev–Trinajstić information content (AvgIpc) is 3.12. The predicted molar refractivity (Wildman–Crippen MR) is 95.2 cm³/mol. The van der Waals surface area contributed by atoms with Gasteiger partial charge in [0.25, 0.3) is 5.91 Å². The summed E-state index contributed by atoms with van der Waals surface area (Å²) in [6.07, 6.45) is -0.338. The van der Waals surface area contributed by atoms with Crippen molar-refractivity contribution in [2.24, 2.45) is 0 Å². The quantitative estimate of drug-likeness (QED) is 0.721. The van der Waals surface area contributed by atoms with Crippen molar-refractivity contribution in [3.63, 3.8) is 0 Å². The molecule has 25 heavy (non-hydrogen) atoms. The Bertz CT molecular complexity index is 940. The molecule has 0 N–H and O–H groups in total. The normalized spacial score (nSPS) is 17.2. The summed E-state index contributed by atoms with van der Waals surface area (Å²) in [7, 11) is 0. The summed E-state index contributed by atoms with van der Waals surface area (Å²) < 4.78 is 5.79. The minimum absolute atomic E-state index is 0.0479. The third-order valence-corrected chi connectivity index (χ3v) is 4.56. The number of rotatable bonds is 2. The third kappa shape index (κ3) is 2.87. The molecule has 3 aromatic rings. The van der Waals surface area contributed by atoms with Gasteiger partial charge in [-0.1, -0.05) is 30.3 Å². The maximum atomic E-state index is 13.0. The van der Waals surface area contributed by atoms with E-state index < -0.39 is 0 Å². The minimum Gasteiger partial charge on any atom is -0.352 e. The van der Waals surface area contributed by atoms with E-state index in [0.717, 1.165) is 28.0 Å². The highest BCUT2D eigenvalue weighted by Gasteiger charge is 2.31. The molecule has 5 nitrogen and oxygen atoms in total. The Labute approximate surface area is 146 Å². The minimum atomic E-state index is -0.338. The van der Waals surface area contributed by atoms with Gasteiger partial charge in [-0.15, -0.1) is 0 Å². The van der Waals surface area contributed by atoms with Crippen LogP contribution < -0.4 is 0 Å². The van der Waals surface area contributed by atoms with Crippen LogP contribution in [0.25, 0.3) is 11.0 Å². The SMILES string of the molecule is Cc1nc2ccc(C(=O)N3CCOC3c3ccccc3)cc2nc1C. The molecule has 2 heterocycles. The molecule has 0 spiro atoms. The maximum Gasteiger partial charge on any atom is 0.256 e. The molecule has 1 aliphatic rings. The largest absolute Gasteiger partial charge is 0.352 e. The summed E-state index contributed by atoms with van der Waals surface area (Å²) in [6, 6.07) is 15.3. The van der Waals surface area contributed by atoms with Crippen LogP contribution >= 0.6 is 0 Å². The molecule has 1 fully saturated rings. The lowest BCUT2D eigenvalue weighted by atomic mass is 10.1. The van der Waals surface area contributed by atoms with E-state index in [4.69, 9.17) is 4.74 Å². The number of hydrogen-bond donors (Lipinski definition) is 0. The Balaban J connectivity index is 1.68. The number of aryl methyl sites for hydroxylation is 2. The second kappa shape index (κ2) is 6.26. The first kappa shape index (κ1) is 15.7. The van der Waals surface area contributed by atoms with Crippen LogP contribution in [0.3, 0.4) is 0 Å². The van der Waals surface area contributed by atoms with Gasteiger partial charge in [0.2, 0.25) is 0 Å². The average molecular weight is 333 g/mol. The van der Waals surface area contributed by atoms with Crippen molar-refractivity contribution in [2.75, 3.05) is 13.2 Å². The van der Waals surface area contributed by atoms with E-state index in [9.17, 15) is 4.79 Å². The fourth-order valence-corrected chi connectivity index (χ4v) is 3.10. The zero-order valence-corrected chi connectivity index (χ0v) is 14.3. The predicted octanol–water partition coefficient (Wildman–Crippen LogP) is 3.42. The van der Waals surface area contributed by atoms with Crippen molar-refractivity contribution >= 4 is 16.9 Å². The van der Waals surface area contributed by atoms with Crippen molar-refractivity contribution in [2.45, 2.75) is 20.1 Å². The number of nitrogens with zero attached hydrogens (tertiary/aromatic N) is 3. The second-order valence-corrected chi connectivity index (χ2v) is 6.23. The first-order chi connectivity index (χ1) is 12.1. The summed E-state index contributed by atoms with van der Waals surface area (Å²) in [5.74, 6) is -0.0479. The van der Waals surface area contributed by atoms with E-state index in [0.29, 0.717) is 18.7 Å². The van der Waals surface area contributed by atoms with Crippen LogP contribution in [0.5, 0.6) is 0 Å². The molecule has 2 aromatic carbocycles. The fourth-order valence-electron chi connectivity index (χ4n) is 3.10. The van der Waals surface area contributed by atoms with Gasteiger partial charge in [0.15, 0.2) is 6.23 Å². The van der Waals surface area contributed by atoms with Crippen molar-refractivity contribution in [1.82, 2.24) is 14.9 Å². The van der Waals surface area contributed by atoms with Gasteiger partial charge >= 0.3 is 0 Å². The van der Waals surface area contributed by atoms with Crippen molar-refractivity contribution < 1.29 is 9.53 Å². The van der Waals surface area contributed by atoms with E-state index in [2.05, 4.69) is 9.97 Å². The zero-order chi connectivity index (χ0) is 17.4. The summed E-state index contributed by atoms with van der Waals surface area (Å²) in [5.41, 5.74) is 4.92. The number of hydrogen-bond acceptors (Lipinski definition) is 4. The highest BCUT2D eigenvalue weighted by Crippen LogP contribution is 2.28. The van der Waals surface area contributed by atoms with Gasteiger partial charge in [-0.05, 0) is 32.0 Å². The molecule has 1 aromatic heterocycles. The van der Waals surface area contributed by atoms with Gasteiger partial charge in [0.1, 0.15) is 0 Å². The molecule has 1 unspecified atom stereocenters. The zero-order valence-electron chi connectivity index (χ0n) is 14.3. The van der Waals surface area contributed by atoms with Crippen molar-refractivity contribution in [3.8, 4) is 0 Å². The Morgan fingerprint density at radius 2 is 1.76 bits per heavy atom. The van der Waals surface area contributed by atoms with Gasteiger partial charge in [0, 0.05) is 17.7 Å². The van der Waals surface area contributed by atoms with Crippen LogP contribution in [0.1, 0.15) is 33.5 Å². The first-order valence-corrected chi connectivity index (χ1v) is 8.36. The lowest BCUT2D eigenvalue weighted by Crippen LogP contribution is -2.31. The van der Waals surface area contributed by atoms with E-state index in [-0.39, 0.29) is 12.1 Å². The number of ether oxygens (including phenoxy) is 1. The number of carbonyl (C=O) groups excluding carboxylic acids is 1. The second-order valence-electron chi connectivity index (χ2n) is 6.23. The lowest BCUT2D eigenvalue weighted by molar-refractivity contribution is 0.0272. The van der Waals surface area contributed by atoms with E-state index in [1.807, 2.05) is 62.4 Å². The smallest absolute Gasteiger partial charge is 0.256 e. The molecule has 4 rings (SSSR count). The fraction of sp³-hybridized carbons (Fsp3) is 0.250. The summed E-state index contributed by atoms with van der Waals surface area (Å²) in [6.45, 7) is 4.98. The van der Waals surface area contributed by atoms with E-state index >= 15 is 0 Å². The lowest BCUT2D eigenvalue weighted by Gasteiger charge is -2.23. The molecular formula is C20H19N3O2. The van der Waals surface area contributed by atoms with E-state index in [1.165, 1.54) is 0 Å². The molecule has 0 bridgehead atoms. The molecule has 1 saturated heterocycles. The van der Waals surface area contributed by atoms with Gasteiger partial charge < -0.3 is 9.64 Å². The Kier molecular flexibility index (Phi) is 3.93. The van der Waals surface area contributed by atoms with Crippen molar-refractivity contribution in [3.05, 3.63) is 71.0 Å². The molecule has 0 saturated carbocycles. The van der Waals surface area contributed by atoms with Crippen LogP contribution in [-0.2, 0) is 4.74 Å². The summed E-state index contributed by atoms with van der Waals surface area (Å²) >= 11 is 0. The summed E-state index contributed by atoms with van der Waals surface area (Å²) in [5, 5.41) is 0. The van der Waals surface area contributed by atoms with Crippen molar-refractivity contribution in [1.29, 1.82) is 0 Å². The maximum absolute atomic E-state index is 13.0. The number of fused-ring (bicyclic) bond motifs is 1. The van der Waals surface area contributed by atoms with Crippen LogP contribution in [0.4, 0.5) is 0 Å². The van der Waals surface area contributed by atoms with Crippen LogP contribution in [0.15, 0.2) is 48.5 Å². The topological polar surface area (TPSA) is 55.3 Å². The van der Waals surface area contributed by atoms with Crippen LogP contribution in [0, 0.1) is 13.8 Å². The highest BCUT2D eigenvalue weighted by molar-refractivity contribution is 5.97. The number of carbonyl (C=O) groups is 1. The Hall–Kier alpha value is -2.79. The first-order valence-electron chi connectivity index (χ1n) is 8.36. The van der Waals surface area contributed by atoms with Gasteiger partial charge in [-0.25, -0.2) is 9.97 Å². The molecule has 0 aliphatic carbocycles. The van der Waals surface area contributed by atoms with Gasteiger partial charge in [0.05, 0.1) is 29.0 Å².